The molecule has 1 aliphatic carbocycles. The van der Waals surface area contributed by atoms with Crippen LogP contribution in [0.15, 0.2) is 77.2 Å². The average Bonchev–Trinajstić information content (AvgIpc) is 3.72. The van der Waals surface area contributed by atoms with Gasteiger partial charge in [0.1, 0.15) is 0 Å². The van der Waals surface area contributed by atoms with Crippen LogP contribution in [-0.2, 0) is 0 Å². The number of amides is 1. The molecule has 42 heavy (non-hydrogen) atoms. The fraction of sp³-hybridized carbons (Fsp3) is 0.333. The first-order chi connectivity index (χ1) is 20.2. The molecule has 0 radical (unpaired) electrons. The van der Waals surface area contributed by atoms with Crippen LogP contribution in [0.4, 0.5) is 0 Å². The highest BCUT2D eigenvalue weighted by Gasteiger charge is 2.33. The predicted molar refractivity (Wildman–Crippen MR) is 165 cm³/mol. The highest BCUT2D eigenvalue weighted by molar-refractivity contribution is 5.97. The Kier molecular flexibility index (Phi) is 8.84. The summed E-state index contributed by atoms with van der Waals surface area (Å²) in [6, 6.07) is 25.8. The van der Waals surface area contributed by atoms with E-state index in [-0.39, 0.29) is 25.3 Å². The Morgan fingerprint density at radius 3 is 2.43 bits per heavy atom. The lowest BCUT2D eigenvalue weighted by Crippen LogP contribution is -2.34. The number of benzene rings is 3. The van der Waals surface area contributed by atoms with Gasteiger partial charge in [-0.05, 0) is 79.5 Å². The van der Waals surface area contributed by atoms with Gasteiger partial charge >= 0.3 is 0 Å². The SMILES string of the molecule is C.CC#C[C@H]1CCCN1C(=O)c1cc(-c2nnc(C3CCCCC3c3ccccc3)o2)cc(-c2ccccc2C#N)c1. The van der Waals surface area contributed by atoms with Gasteiger partial charge in [-0.15, -0.1) is 16.1 Å². The van der Waals surface area contributed by atoms with E-state index in [0.717, 1.165) is 43.2 Å². The molecule has 3 atom stereocenters. The van der Waals surface area contributed by atoms with E-state index in [4.69, 9.17) is 4.42 Å². The number of likely N-dealkylation sites (tertiary alicyclic amines) is 1. The second kappa shape index (κ2) is 12.9. The molecule has 1 saturated carbocycles. The molecule has 1 saturated heterocycles. The zero-order valence-corrected chi connectivity index (χ0v) is 23.2. The summed E-state index contributed by atoms with van der Waals surface area (Å²) < 4.78 is 6.39. The molecule has 6 nitrogen and oxygen atoms in total. The monoisotopic (exact) mass is 556 g/mol. The van der Waals surface area contributed by atoms with Crippen LogP contribution in [0.3, 0.4) is 0 Å². The van der Waals surface area contributed by atoms with Gasteiger partial charge < -0.3 is 9.32 Å². The summed E-state index contributed by atoms with van der Waals surface area (Å²) in [5, 5.41) is 18.8. The smallest absolute Gasteiger partial charge is 0.254 e. The molecule has 212 valence electrons. The Morgan fingerprint density at radius 1 is 0.905 bits per heavy atom. The third-order valence-electron chi connectivity index (χ3n) is 8.36. The molecular formula is C36H36N4O2. The molecule has 2 aliphatic rings. The molecule has 2 unspecified atom stereocenters. The van der Waals surface area contributed by atoms with Crippen molar-refractivity contribution in [3.63, 3.8) is 0 Å². The number of hydrogen-bond acceptors (Lipinski definition) is 5. The van der Waals surface area contributed by atoms with Gasteiger partial charge in [0, 0.05) is 23.6 Å². The fourth-order valence-corrected chi connectivity index (χ4v) is 6.38. The maximum atomic E-state index is 13.8. The van der Waals surface area contributed by atoms with Crippen LogP contribution in [0.1, 0.15) is 92.1 Å². The third-order valence-corrected chi connectivity index (χ3v) is 8.36. The van der Waals surface area contributed by atoms with Crippen molar-refractivity contribution in [2.45, 2.75) is 70.8 Å². The molecule has 2 heterocycles. The quantitative estimate of drug-likeness (QED) is 0.233. The van der Waals surface area contributed by atoms with Crippen LogP contribution < -0.4 is 0 Å². The van der Waals surface area contributed by atoms with E-state index < -0.39 is 0 Å². The van der Waals surface area contributed by atoms with E-state index in [0.29, 0.717) is 40.9 Å². The minimum Gasteiger partial charge on any atom is -0.420 e. The largest absolute Gasteiger partial charge is 0.420 e. The van der Waals surface area contributed by atoms with Gasteiger partial charge in [-0.3, -0.25) is 4.79 Å². The van der Waals surface area contributed by atoms with Crippen LogP contribution in [0.2, 0.25) is 0 Å². The normalized spacial score (nSPS) is 19.7. The second-order valence-electron chi connectivity index (χ2n) is 10.9. The van der Waals surface area contributed by atoms with Gasteiger partial charge in [0.05, 0.1) is 17.7 Å². The van der Waals surface area contributed by atoms with E-state index in [1.807, 2.05) is 47.4 Å². The Balaban J connectivity index is 0.00000353. The summed E-state index contributed by atoms with van der Waals surface area (Å²) >= 11 is 0. The van der Waals surface area contributed by atoms with E-state index in [2.05, 4.69) is 52.4 Å². The van der Waals surface area contributed by atoms with Gasteiger partial charge in [-0.1, -0.05) is 74.7 Å². The standard InChI is InChI=1S/C35H32N4O2.CH4/c1-2-11-29-15-10-19-39(29)35(40)28-21-26(30-16-7-6-14-25(30)23-36)20-27(22-28)33-37-38-34(41-33)32-18-9-8-17-31(32)24-12-4-3-5-13-24;/h3-7,12-14,16,20-22,29,31-32H,8-10,15,17-19H2,1H3;1H4/t29-,31?,32?;/m0./s1. The average molecular weight is 557 g/mol. The lowest BCUT2D eigenvalue weighted by atomic mass is 9.75. The molecule has 3 aromatic carbocycles. The Morgan fingerprint density at radius 2 is 1.64 bits per heavy atom. The van der Waals surface area contributed by atoms with Crippen molar-refractivity contribution in [1.82, 2.24) is 15.1 Å². The fourth-order valence-electron chi connectivity index (χ4n) is 6.38. The zero-order valence-electron chi connectivity index (χ0n) is 23.2. The number of aromatic nitrogens is 2. The van der Waals surface area contributed by atoms with Crippen LogP contribution in [0, 0.1) is 23.2 Å². The summed E-state index contributed by atoms with van der Waals surface area (Å²) in [7, 11) is 0. The van der Waals surface area contributed by atoms with E-state index in [1.54, 1.807) is 13.0 Å². The van der Waals surface area contributed by atoms with Crippen molar-refractivity contribution in [2.75, 3.05) is 6.54 Å². The van der Waals surface area contributed by atoms with Crippen molar-refractivity contribution in [1.29, 1.82) is 5.26 Å². The maximum Gasteiger partial charge on any atom is 0.254 e. The van der Waals surface area contributed by atoms with Crippen molar-refractivity contribution in [3.8, 4) is 40.5 Å². The molecule has 0 N–H and O–H groups in total. The minimum atomic E-state index is -0.0952. The van der Waals surface area contributed by atoms with Gasteiger partial charge in [0.25, 0.3) is 5.91 Å². The van der Waals surface area contributed by atoms with Crippen molar-refractivity contribution >= 4 is 5.91 Å². The molecule has 2 fully saturated rings. The summed E-state index contributed by atoms with van der Waals surface area (Å²) in [6.07, 6.45) is 6.18. The second-order valence-corrected chi connectivity index (χ2v) is 10.9. The van der Waals surface area contributed by atoms with Gasteiger partial charge in [0.2, 0.25) is 11.8 Å². The van der Waals surface area contributed by atoms with Crippen molar-refractivity contribution in [3.05, 3.63) is 95.4 Å². The topological polar surface area (TPSA) is 83.0 Å². The zero-order chi connectivity index (χ0) is 28.2. The maximum absolute atomic E-state index is 13.8. The number of nitrogens with zero attached hydrogens (tertiary/aromatic N) is 4. The van der Waals surface area contributed by atoms with Gasteiger partial charge in [0.15, 0.2) is 0 Å². The predicted octanol–water partition coefficient (Wildman–Crippen LogP) is 7.98. The van der Waals surface area contributed by atoms with Crippen molar-refractivity contribution in [2.24, 2.45) is 0 Å². The first-order valence-electron chi connectivity index (χ1n) is 14.4. The minimum absolute atomic E-state index is 0. The van der Waals surface area contributed by atoms with Crippen LogP contribution in [0.25, 0.3) is 22.6 Å². The lowest BCUT2D eigenvalue weighted by molar-refractivity contribution is 0.0766. The number of nitriles is 1. The summed E-state index contributed by atoms with van der Waals surface area (Å²) in [6.45, 7) is 2.47. The highest BCUT2D eigenvalue weighted by Crippen LogP contribution is 2.44. The molecule has 1 aliphatic heterocycles. The van der Waals surface area contributed by atoms with E-state index in [9.17, 15) is 10.1 Å². The number of hydrogen-bond donors (Lipinski definition) is 0. The van der Waals surface area contributed by atoms with Crippen LogP contribution in [-0.4, -0.2) is 33.6 Å². The summed E-state index contributed by atoms with van der Waals surface area (Å²) in [5.74, 6) is 7.58. The van der Waals surface area contributed by atoms with Gasteiger partial charge in [-0.2, -0.15) is 5.26 Å². The molecule has 1 aromatic heterocycles. The Labute approximate surface area is 248 Å². The molecule has 0 bridgehead atoms. The Hall–Kier alpha value is -4.68. The summed E-state index contributed by atoms with van der Waals surface area (Å²) in [4.78, 5) is 15.7. The number of carbonyl (C=O) groups is 1. The Bertz CT molecular complexity index is 1660. The summed E-state index contributed by atoms with van der Waals surface area (Å²) in [5.41, 5.74) is 4.55. The molecule has 1 amide bonds. The first-order valence-corrected chi connectivity index (χ1v) is 14.4. The van der Waals surface area contributed by atoms with E-state index in [1.165, 1.54) is 12.0 Å². The molecule has 4 aromatic rings. The van der Waals surface area contributed by atoms with E-state index >= 15 is 0 Å². The lowest BCUT2D eigenvalue weighted by Gasteiger charge is -2.29. The van der Waals surface area contributed by atoms with Crippen LogP contribution in [0.5, 0.6) is 0 Å². The third kappa shape index (κ3) is 5.71. The van der Waals surface area contributed by atoms with Gasteiger partial charge in [-0.25, -0.2) is 0 Å². The number of rotatable bonds is 5. The van der Waals surface area contributed by atoms with Crippen molar-refractivity contribution < 1.29 is 9.21 Å². The number of carbonyl (C=O) groups excluding carboxylic acids is 1. The highest BCUT2D eigenvalue weighted by atomic mass is 16.4. The first kappa shape index (κ1) is 28.8. The van der Waals surface area contributed by atoms with Crippen LogP contribution >= 0.6 is 0 Å². The molecule has 0 spiro atoms. The molecule has 6 heteroatoms. The molecular weight excluding hydrogens is 520 g/mol. The molecule has 6 rings (SSSR count).